The molecule has 1 unspecified atom stereocenters. The number of sulfone groups is 1. The van der Waals surface area contributed by atoms with Crippen molar-refractivity contribution < 1.29 is 32.7 Å². The second kappa shape index (κ2) is 9.14. The molecular weight excluding hydrogens is 448 g/mol. The van der Waals surface area contributed by atoms with Crippen LogP contribution in [0.4, 0.5) is 5.69 Å². The number of carbonyl (C=O) groups excluding carboxylic acids is 3. The van der Waals surface area contributed by atoms with E-state index in [1.54, 1.807) is 19.1 Å². The zero-order chi connectivity index (χ0) is 24.5. The third-order valence-electron chi connectivity index (χ3n) is 5.50. The number of anilines is 1. The van der Waals surface area contributed by atoms with Crippen molar-refractivity contribution in [2.75, 3.05) is 16.4 Å². The van der Waals surface area contributed by atoms with Gasteiger partial charge in [0.2, 0.25) is 0 Å². The summed E-state index contributed by atoms with van der Waals surface area (Å²) >= 11 is 0. The fourth-order valence-corrected chi connectivity index (χ4v) is 4.48. The van der Waals surface area contributed by atoms with Crippen molar-refractivity contribution in [2.24, 2.45) is 0 Å². The minimum absolute atomic E-state index is 0.0121. The van der Waals surface area contributed by atoms with Crippen LogP contribution in [0.25, 0.3) is 0 Å². The molecule has 9 nitrogen and oxygen atoms in total. The molecule has 0 bridgehead atoms. The Bertz CT molecular complexity index is 1270. The molecule has 174 valence electrons. The summed E-state index contributed by atoms with van der Waals surface area (Å²) in [6, 6.07) is 7.82. The van der Waals surface area contributed by atoms with Crippen LogP contribution < -0.4 is 10.2 Å². The standard InChI is InChI=1S/C23H24N2O7S/c1-4-33(31,32)10-9-18(23(29)30)24-20(26)15-6-7-16-17(12-15)22(28)25(21(16)27)19-8-5-13(2)11-14(19)3/h5-8,11-12,18H,4,9-10H2,1-3H3,(H,24,26)(H,29,30). The number of nitrogens with zero attached hydrogens (tertiary/aromatic N) is 1. The second-order valence-corrected chi connectivity index (χ2v) is 10.4. The first-order valence-electron chi connectivity index (χ1n) is 10.3. The number of nitrogens with one attached hydrogen (secondary N) is 1. The minimum atomic E-state index is -3.41. The van der Waals surface area contributed by atoms with Crippen molar-refractivity contribution in [3.63, 3.8) is 0 Å². The minimum Gasteiger partial charge on any atom is -0.480 e. The van der Waals surface area contributed by atoms with Gasteiger partial charge >= 0.3 is 5.97 Å². The summed E-state index contributed by atoms with van der Waals surface area (Å²) in [4.78, 5) is 51.1. The second-order valence-electron chi connectivity index (χ2n) is 7.89. The van der Waals surface area contributed by atoms with Gasteiger partial charge in [0.1, 0.15) is 15.9 Å². The predicted molar refractivity (Wildman–Crippen MR) is 121 cm³/mol. The number of amides is 3. The smallest absolute Gasteiger partial charge is 0.326 e. The number of carboxylic acid groups (broad SMARTS) is 1. The summed E-state index contributed by atoms with van der Waals surface area (Å²) in [5, 5.41) is 11.7. The Morgan fingerprint density at radius 2 is 1.70 bits per heavy atom. The molecule has 0 radical (unpaired) electrons. The van der Waals surface area contributed by atoms with Gasteiger partial charge in [-0.2, -0.15) is 0 Å². The Balaban J connectivity index is 1.84. The van der Waals surface area contributed by atoms with E-state index < -0.39 is 39.6 Å². The third-order valence-corrected chi connectivity index (χ3v) is 7.24. The number of aryl methyl sites for hydroxylation is 2. The zero-order valence-corrected chi connectivity index (χ0v) is 19.2. The summed E-state index contributed by atoms with van der Waals surface area (Å²) in [7, 11) is -3.41. The molecule has 1 aliphatic heterocycles. The topological polar surface area (TPSA) is 138 Å². The SMILES string of the molecule is CCS(=O)(=O)CCC(NC(=O)c1ccc2c(c1)C(=O)N(c1ccc(C)cc1C)C2=O)C(=O)O. The average Bonchev–Trinajstić information content (AvgIpc) is 3.00. The zero-order valence-electron chi connectivity index (χ0n) is 18.4. The maximum atomic E-state index is 13.0. The first kappa shape index (κ1) is 24.1. The van der Waals surface area contributed by atoms with Crippen molar-refractivity contribution >= 4 is 39.2 Å². The molecule has 10 heteroatoms. The first-order chi connectivity index (χ1) is 15.4. The van der Waals surface area contributed by atoms with Crippen LogP contribution in [0.2, 0.25) is 0 Å². The lowest BCUT2D eigenvalue weighted by atomic mass is 10.0. The number of hydrogen-bond donors (Lipinski definition) is 2. The maximum Gasteiger partial charge on any atom is 0.326 e. The molecule has 1 heterocycles. The molecule has 2 aromatic rings. The molecule has 0 aromatic heterocycles. The molecule has 2 aromatic carbocycles. The highest BCUT2D eigenvalue weighted by Crippen LogP contribution is 2.31. The van der Waals surface area contributed by atoms with E-state index >= 15 is 0 Å². The van der Waals surface area contributed by atoms with Crippen LogP contribution in [0, 0.1) is 13.8 Å². The molecule has 3 rings (SSSR count). The molecule has 3 amide bonds. The molecular formula is C23H24N2O7S. The van der Waals surface area contributed by atoms with Gasteiger partial charge in [0.05, 0.1) is 22.6 Å². The van der Waals surface area contributed by atoms with Crippen LogP contribution in [0.1, 0.15) is 55.5 Å². The molecule has 0 saturated carbocycles. The molecule has 33 heavy (non-hydrogen) atoms. The molecule has 0 spiro atoms. The fraction of sp³-hybridized carbons (Fsp3) is 0.304. The molecule has 1 atom stereocenters. The summed E-state index contributed by atoms with van der Waals surface area (Å²) in [6.45, 7) is 5.13. The van der Waals surface area contributed by atoms with Gasteiger partial charge in [-0.1, -0.05) is 24.6 Å². The largest absolute Gasteiger partial charge is 0.480 e. The van der Waals surface area contributed by atoms with Gasteiger partial charge in [-0.05, 0) is 50.1 Å². The van der Waals surface area contributed by atoms with Crippen LogP contribution >= 0.6 is 0 Å². The third kappa shape index (κ3) is 4.95. The highest BCUT2D eigenvalue weighted by atomic mass is 32.2. The van der Waals surface area contributed by atoms with Gasteiger partial charge in [0, 0.05) is 11.3 Å². The van der Waals surface area contributed by atoms with E-state index in [4.69, 9.17) is 0 Å². The van der Waals surface area contributed by atoms with Crippen LogP contribution in [0.15, 0.2) is 36.4 Å². The number of imide groups is 1. The number of fused-ring (bicyclic) bond motifs is 1. The van der Waals surface area contributed by atoms with Crippen molar-refractivity contribution in [2.45, 2.75) is 33.2 Å². The number of hydrogen-bond acceptors (Lipinski definition) is 6. The fourth-order valence-electron chi connectivity index (χ4n) is 3.60. The van der Waals surface area contributed by atoms with E-state index in [0.717, 1.165) is 16.0 Å². The summed E-state index contributed by atoms with van der Waals surface area (Å²) < 4.78 is 23.4. The van der Waals surface area contributed by atoms with Crippen molar-refractivity contribution in [3.8, 4) is 0 Å². The Kier molecular flexibility index (Phi) is 6.68. The molecule has 0 fully saturated rings. The highest BCUT2D eigenvalue weighted by Gasteiger charge is 2.38. The van der Waals surface area contributed by atoms with Gasteiger partial charge in [-0.15, -0.1) is 0 Å². The average molecular weight is 473 g/mol. The Labute approximate surface area is 191 Å². The lowest BCUT2D eigenvalue weighted by molar-refractivity contribution is -0.139. The quantitative estimate of drug-likeness (QED) is 0.561. The van der Waals surface area contributed by atoms with Gasteiger partial charge in [-0.25, -0.2) is 18.1 Å². The van der Waals surface area contributed by atoms with Gasteiger partial charge in [-0.3, -0.25) is 14.4 Å². The van der Waals surface area contributed by atoms with Crippen molar-refractivity contribution in [1.82, 2.24) is 5.32 Å². The number of benzene rings is 2. The van der Waals surface area contributed by atoms with Crippen LogP contribution in [-0.2, 0) is 14.6 Å². The summed E-state index contributed by atoms with van der Waals surface area (Å²) in [6.07, 6.45) is -0.292. The van der Waals surface area contributed by atoms with E-state index in [2.05, 4.69) is 5.32 Å². The van der Waals surface area contributed by atoms with E-state index in [1.165, 1.54) is 25.1 Å². The normalized spacial score (nSPS) is 14.2. The van der Waals surface area contributed by atoms with Crippen LogP contribution in [0.3, 0.4) is 0 Å². The van der Waals surface area contributed by atoms with Crippen LogP contribution in [0.5, 0.6) is 0 Å². The maximum absolute atomic E-state index is 13.0. The number of carbonyl (C=O) groups is 4. The van der Waals surface area contributed by atoms with Gasteiger partial charge < -0.3 is 10.4 Å². The molecule has 2 N–H and O–H groups in total. The Morgan fingerprint density at radius 1 is 1.03 bits per heavy atom. The van der Waals surface area contributed by atoms with Crippen molar-refractivity contribution in [1.29, 1.82) is 0 Å². The highest BCUT2D eigenvalue weighted by molar-refractivity contribution is 7.91. The molecule has 0 aliphatic carbocycles. The van der Waals surface area contributed by atoms with Gasteiger partial charge in [0.15, 0.2) is 0 Å². The Morgan fingerprint density at radius 3 is 2.30 bits per heavy atom. The monoisotopic (exact) mass is 472 g/mol. The lowest BCUT2D eigenvalue weighted by Gasteiger charge is -2.17. The summed E-state index contributed by atoms with van der Waals surface area (Å²) in [5.41, 5.74) is 2.33. The lowest BCUT2D eigenvalue weighted by Crippen LogP contribution is -2.42. The van der Waals surface area contributed by atoms with E-state index in [-0.39, 0.29) is 34.6 Å². The van der Waals surface area contributed by atoms with E-state index in [9.17, 15) is 32.7 Å². The van der Waals surface area contributed by atoms with E-state index in [1.807, 2.05) is 13.0 Å². The number of rotatable bonds is 8. The predicted octanol–water partition coefficient (Wildman–Crippen LogP) is 2.11. The number of carboxylic acids is 1. The molecule has 1 aliphatic rings. The summed E-state index contributed by atoms with van der Waals surface area (Å²) in [5.74, 6) is -3.77. The molecule has 0 saturated heterocycles. The van der Waals surface area contributed by atoms with Crippen LogP contribution in [-0.4, -0.2) is 54.8 Å². The van der Waals surface area contributed by atoms with Crippen molar-refractivity contribution in [3.05, 3.63) is 64.2 Å². The first-order valence-corrected chi connectivity index (χ1v) is 12.1. The Hall–Kier alpha value is -3.53. The van der Waals surface area contributed by atoms with E-state index in [0.29, 0.717) is 5.69 Å². The number of aliphatic carboxylic acids is 1. The van der Waals surface area contributed by atoms with Gasteiger partial charge in [0.25, 0.3) is 17.7 Å².